The highest BCUT2D eigenvalue weighted by atomic mass is 32.1. The largest absolute Gasteiger partial charge is 0.507 e. The number of nitrogens with one attached hydrogen (secondary N) is 1. The molecule has 0 spiro atoms. The standard InChI is InChI=1S/C23H19N3O2S/c1-28-20-10-7-16(8-11-20)18-9-12-22(27)19(13-18)14-24-26-23-25-21(15-29-23)17-5-3-2-4-6-17/h2-15,27H,1H3,(H,25,26). The van der Waals surface area contributed by atoms with Crippen molar-refractivity contribution in [2.45, 2.75) is 0 Å². The maximum absolute atomic E-state index is 10.2. The molecular formula is C23H19N3O2S. The molecule has 0 aliphatic heterocycles. The summed E-state index contributed by atoms with van der Waals surface area (Å²) < 4.78 is 5.20. The van der Waals surface area contributed by atoms with E-state index < -0.39 is 0 Å². The molecule has 0 amide bonds. The summed E-state index contributed by atoms with van der Waals surface area (Å²) in [4.78, 5) is 4.53. The Morgan fingerprint density at radius 3 is 2.48 bits per heavy atom. The highest BCUT2D eigenvalue weighted by Gasteiger charge is 2.05. The summed E-state index contributed by atoms with van der Waals surface area (Å²) in [5, 5.41) is 17.1. The number of thiazole rings is 1. The van der Waals surface area contributed by atoms with E-state index in [2.05, 4.69) is 15.5 Å². The van der Waals surface area contributed by atoms with Crippen LogP contribution in [0.1, 0.15) is 5.56 Å². The molecule has 0 saturated heterocycles. The second-order valence-corrected chi connectivity index (χ2v) is 7.13. The lowest BCUT2D eigenvalue weighted by atomic mass is 10.0. The molecule has 6 heteroatoms. The summed E-state index contributed by atoms with van der Waals surface area (Å²) in [6.45, 7) is 0. The number of hydrogen-bond acceptors (Lipinski definition) is 6. The monoisotopic (exact) mass is 401 g/mol. The Hall–Kier alpha value is -3.64. The summed E-state index contributed by atoms with van der Waals surface area (Å²) in [6, 6.07) is 23.2. The Labute approximate surface area is 173 Å². The predicted octanol–water partition coefficient (Wildman–Crippen LogP) is 5.64. The molecule has 0 atom stereocenters. The van der Waals surface area contributed by atoms with Crippen LogP contribution in [0.5, 0.6) is 11.5 Å². The molecule has 2 N–H and O–H groups in total. The Bertz CT molecular complexity index is 1120. The average Bonchev–Trinajstić information content (AvgIpc) is 3.25. The van der Waals surface area contributed by atoms with Crippen LogP contribution >= 0.6 is 11.3 Å². The Morgan fingerprint density at radius 2 is 1.72 bits per heavy atom. The number of hydrogen-bond donors (Lipinski definition) is 2. The number of methoxy groups -OCH3 is 1. The molecule has 1 aromatic heterocycles. The fourth-order valence-corrected chi connectivity index (χ4v) is 3.51. The van der Waals surface area contributed by atoms with Crippen molar-refractivity contribution in [1.29, 1.82) is 0 Å². The van der Waals surface area contributed by atoms with Crippen LogP contribution in [0.15, 0.2) is 83.3 Å². The number of phenolic OH excluding ortho intramolecular Hbond substituents is 1. The fourth-order valence-electron chi connectivity index (χ4n) is 2.84. The lowest BCUT2D eigenvalue weighted by Crippen LogP contribution is -1.91. The van der Waals surface area contributed by atoms with E-state index in [9.17, 15) is 5.11 Å². The molecule has 144 valence electrons. The first-order valence-corrected chi connectivity index (χ1v) is 9.88. The Morgan fingerprint density at radius 1 is 0.966 bits per heavy atom. The maximum atomic E-state index is 10.2. The normalized spacial score (nSPS) is 10.9. The van der Waals surface area contributed by atoms with Crippen LogP contribution in [0.3, 0.4) is 0 Å². The summed E-state index contributed by atoms with van der Waals surface area (Å²) >= 11 is 1.48. The number of rotatable bonds is 6. The number of benzene rings is 3. The highest BCUT2D eigenvalue weighted by molar-refractivity contribution is 7.14. The van der Waals surface area contributed by atoms with Crippen molar-refractivity contribution < 1.29 is 9.84 Å². The van der Waals surface area contributed by atoms with E-state index >= 15 is 0 Å². The first-order valence-electron chi connectivity index (χ1n) is 9.00. The number of nitrogens with zero attached hydrogens (tertiary/aromatic N) is 2. The quantitative estimate of drug-likeness (QED) is 0.324. The van der Waals surface area contributed by atoms with Crippen molar-refractivity contribution in [3.63, 3.8) is 0 Å². The van der Waals surface area contributed by atoms with Gasteiger partial charge in [-0.25, -0.2) is 4.98 Å². The topological polar surface area (TPSA) is 66.7 Å². The minimum atomic E-state index is 0.164. The van der Waals surface area contributed by atoms with Gasteiger partial charge < -0.3 is 9.84 Å². The summed E-state index contributed by atoms with van der Waals surface area (Å²) in [5.74, 6) is 0.966. The van der Waals surface area contributed by atoms with Gasteiger partial charge in [0.1, 0.15) is 11.5 Å². The van der Waals surface area contributed by atoms with Gasteiger partial charge in [-0.3, -0.25) is 5.43 Å². The summed E-state index contributed by atoms with van der Waals surface area (Å²) in [5.41, 5.74) is 7.52. The number of anilines is 1. The smallest absolute Gasteiger partial charge is 0.203 e. The van der Waals surface area contributed by atoms with Gasteiger partial charge in [-0.05, 0) is 35.4 Å². The Balaban J connectivity index is 1.49. The van der Waals surface area contributed by atoms with Gasteiger partial charge in [0.25, 0.3) is 0 Å². The van der Waals surface area contributed by atoms with Crippen LogP contribution in [0.4, 0.5) is 5.13 Å². The SMILES string of the molecule is COc1ccc(-c2ccc(O)c(C=NNc3nc(-c4ccccc4)cs3)c2)cc1. The molecule has 0 saturated carbocycles. The van der Waals surface area contributed by atoms with Gasteiger partial charge in [0.05, 0.1) is 19.0 Å². The molecule has 0 bridgehead atoms. The second kappa shape index (κ2) is 8.58. The fraction of sp³-hybridized carbons (Fsp3) is 0.0435. The van der Waals surface area contributed by atoms with Crippen molar-refractivity contribution in [1.82, 2.24) is 4.98 Å². The number of phenols is 1. The van der Waals surface area contributed by atoms with E-state index in [1.165, 1.54) is 11.3 Å². The van der Waals surface area contributed by atoms with Gasteiger partial charge in [0, 0.05) is 16.5 Å². The van der Waals surface area contributed by atoms with Crippen molar-refractivity contribution in [3.8, 4) is 33.9 Å². The first-order chi connectivity index (χ1) is 14.2. The summed E-state index contributed by atoms with van der Waals surface area (Å²) in [6.07, 6.45) is 1.59. The van der Waals surface area contributed by atoms with Crippen LogP contribution in [0.2, 0.25) is 0 Å². The number of aromatic nitrogens is 1. The minimum absolute atomic E-state index is 0.164. The summed E-state index contributed by atoms with van der Waals surface area (Å²) in [7, 11) is 1.64. The molecule has 1 heterocycles. The molecule has 3 aromatic carbocycles. The first kappa shape index (κ1) is 18.7. The molecule has 29 heavy (non-hydrogen) atoms. The number of hydrazone groups is 1. The van der Waals surface area contributed by atoms with Gasteiger partial charge in [-0.15, -0.1) is 11.3 Å². The van der Waals surface area contributed by atoms with E-state index in [0.717, 1.165) is 28.1 Å². The van der Waals surface area contributed by atoms with Crippen LogP contribution in [-0.4, -0.2) is 23.4 Å². The van der Waals surface area contributed by atoms with Crippen LogP contribution in [0.25, 0.3) is 22.4 Å². The Kier molecular flexibility index (Phi) is 5.54. The molecule has 0 radical (unpaired) electrons. The highest BCUT2D eigenvalue weighted by Crippen LogP contribution is 2.27. The molecule has 0 aliphatic rings. The molecule has 5 nitrogen and oxygen atoms in total. The van der Waals surface area contributed by atoms with Gasteiger partial charge >= 0.3 is 0 Å². The lowest BCUT2D eigenvalue weighted by molar-refractivity contribution is 0.415. The van der Waals surface area contributed by atoms with Crippen molar-refractivity contribution in [3.05, 3.63) is 83.7 Å². The average molecular weight is 401 g/mol. The zero-order chi connectivity index (χ0) is 20.1. The van der Waals surface area contributed by atoms with Gasteiger partial charge in [-0.1, -0.05) is 48.5 Å². The molecule has 0 unspecified atom stereocenters. The van der Waals surface area contributed by atoms with E-state index in [0.29, 0.717) is 10.7 Å². The maximum Gasteiger partial charge on any atom is 0.203 e. The van der Waals surface area contributed by atoms with Crippen LogP contribution in [0, 0.1) is 0 Å². The zero-order valence-electron chi connectivity index (χ0n) is 15.7. The van der Waals surface area contributed by atoms with E-state index in [4.69, 9.17) is 4.74 Å². The molecule has 0 fully saturated rings. The third kappa shape index (κ3) is 4.44. The second-order valence-electron chi connectivity index (χ2n) is 6.28. The van der Waals surface area contributed by atoms with Crippen molar-refractivity contribution in [2.24, 2.45) is 5.10 Å². The lowest BCUT2D eigenvalue weighted by Gasteiger charge is -2.06. The molecule has 4 rings (SSSR count). The van der Waals surface area contributed by atoms with E-state index in [1.54, 1.807) is 19.4 Å². The number of ether oxygens (including phenoxy) is 1. The zero-order valence-corrected chi connectivity index (χ0v) is 16.6. The molecule has 0 aliphatic carbocycles. The minimum Gasteiger partial charge on any atom is -0.507 e. The van der Waals surface area contributed by atoms with E-state index in [-0.39, 0.29) is 5.75 Å². The van der Waals surface area contributed by atoms with Gasteiger partial charge in [-0.2, -0.15) is 5.10 Å². The van der Waals surface area contributed by atoms with Crippen molar-refractivity contribution in [2.75, 3.05) is 12.5 Å². The van der Waals surface area contributed by atoms with Crippen molar-refractivity contribution >= 4 is 22.7 Å². The molecular weight excluding hydrogens is 382 g/mol. The van der Waals surface area contributed by atoms with E-state index in [1.807, 2.05) is 72.1 Å². The molecule has 4 aromatic rings. The predicted molar refractivity (Wildman–Crippen MR) is 119 cm³/mol. The third-order valence-corrected chi connectivity index (χ3v) is 5.14. The van der Waals surface area contributed by atoms with Crippen LogP contribution in [-0.2, 0) is 0 Å². The number of aromatic hydroxyl groups is 1. The van der Waals surface area contributed by atoms with Gasteiger partial charge in [0.2, 0.25) is 5.13 Å². The van der Waals surface area contributed by atoms with Gasteiger partial charge in [0.15, 0.2) is 0 Å². The third-order valence-electron chi connectivity index (χ3n) is 4.39. The van der Waals surface area contributed by atoms with Crippen LogP contribution < -0.4 is 10.2 Å².